The first-order valence-corrected chi connectivity index (χ1v) is 9.02. The number of benzene rings is 1. The average Bonchev–Trinajstić information content (AvgIpc) is 2.61. The van der Waals surface area contributed by atoms with Gasteiger partial charge in [0.1, 0.15) is 0 Å². The molecule has 1 aromatic rings. The van der Waals surface area contributed by atoms with Crippen LogP contribution in [-0.4, -0.2) is 50.5 Å². The molecule has 6 heteroatoms. The summed E-state index contributed by atoms with van der Waals surface area (Å²) in [5, 5.41) is 12.2. The molecular formula is C18H27ClN2O3. The Bertz CT molecular complexity index is 533. The second-order valence-corrected chi connectivity index (χ2v) is 6.51. The number of carbonyl (C=O) groups excluding carboxylic acids is 1. The van der Waals surface area contributed by atoms with Gasteiger partial charge in [-0.15, -0.1) is 0 Å². The van der Waals surface area contributed by atoms with Crippen LogP contribution < -0.4 is 10.2 Å². The summed E-state index contributed by atoms with van der Waals surface area (Å²) in [5.74, 6) is -0.319. The molecular weight excluding hydrogens is 328 g/mol. The normalized spacial score (nSPS) is 16.0. The maximum Gasteiger partial charge on any atom is 0.227 e. The Morgan fingerprint density at radius 2 is 2.08 bits per heavy atom. The Morgan fingerprint density at radius 1 is 1.33 bits per heavy atom. The van der Waals surface area contributed by atoms with E-state index in [0.29, 0.717) is 24.8 Å². The summed E-state index contributed by atoms with van der Waals surface area (Å²) in [6, 6.07) is 5.91. The molecule has 1 amide bonds. The van der Waals surface area contributed by atoms with Crippen molar-refractivity contribution in [3.63, 3.8) is 0 Å². The molecule has 0 saturated carbocycles. The van der Waals surface area contributed by atoms with Gasteiger partial charge in [-0.25, -0.2) is 0 Å². The highest BCUT2D eigenvalue weighted by Crippen LogP contribution is 2.31. The molecule has 1 aliphatic rings. The molecule has 134 valence electrons. The molecule has 1 fully saturated rings. The summed E-state index contributed by atoms with van der Waals surface area (Å²) in [6.45, 7) is 5.07. The van der Waals surface area contributed by atoms with Crippen LogP contribution in [0.1, 0.15) is 37.7 Å². The lowest BCUT2D eigenvalue weighted by molar-refractivity contribution is -0.122. The highest BCUT2D eigenvalue weighted by Gasteiger charge is 2.18. The predicted molar refractivity (Wildman–Crippen MR) is 96.8 cm³/mol. The van der Waals surface area contributed by atoms with Gasteiger partial charge in [0.25, 0.3) is 0 Å². The van der Waals surface area contributed by atoms with E-state index in [1.54, 1.807) is 0 Å². The van der Waals surface area contributed by atoms with E-state index in [2.05, 4.69) is 10.2 Å². The number of nitrogens with one attached hydrogen (secondary N) is 1. The number of carbonyl (C=O) groups is 1. The lowest BCUT2D eigenvalue weighted by Crippen LogP contribution is -2.31. The number of hydrogen-bond donors (Lipinski definition) is 2. The van der Waals surface area contributed by atoms with Crippen LogP contribution in [0.2, 0.25) is 5.02 Å². The maximum absolute atomic E-state index is 12.2. The number of aliphatic hydroxyl groups is 1. The number of hydrogen-bond acceptors (Lipinski definition) is 4. The van der Waals surface area contributed by atoms with Crippen LogP contribution >= 0.6 is 11.6 Å². The van der Waals surface area contributed by atoms with Crippen molar-refractivity contribution in [2.75, 3.05) is 44.4 Å². The fraction of sp³-hybridized carbons (Fsp3) is 0.611. The van der Waals surface area contributed by atoms with Gasteiger partial charge < -0.3 is 20.1 Å². The zero-order valence-corrected chi connectivity index (χ0v) is 15.0. The molecule has 1 atom stereocenters. The lowest BCUT2D eigenvalue weighted by atomic mass is 9.99. The van der Waals surface area contributed by atoms with Crippen molar-refractivity contribution in [2.24, 2.45) is 0 Å². The van der Waals surface area contributed by atoms with Crippen LogP contribution in [0.3, 0.4) is 0 Å². The molecule has 2 N–H and O–H groups in total. The molecule has 0 spiro atoms. The average molecular weight is 355 g/mol. The zero-order chi connectivity index (χ0) is 17.4. The van der Waals surface area contributed by atoms with Crippen molar-refractivity contribution in [2.45, 2.75) is 32.1 Å². The second-order valence-electron chi connectivity index (χ2n) is 6.11. The molecule has 0 radical (unpaired) electrons. The second kappa shape index (κ2) is 9.87. The minimum Gasteiger partial charge on any atom is -0.394 e. The molecule has 1 saturated heterocycles. The number of nitrogens with zero attached hydrogens (tertiary/aromatic N) is 1. The molecule has 1 aliphatic heterocycles. The molecule has 2 rings (SSSR count). The first kappa shape index (κ1) is 19.0. The van der Waals surface area contributed by atoms with Gasteiger partial charge >= 0.3 is 0 Å². The minimum atomic E-state index is -0.268. The van der Waals surface area contributed by atoms with Crippen molar-refractivity contribution < 1.29 is 14.6 Å². The number of anilines is 1. The fourth-order valence-corrected chi connectivity index (χ4v) is 3.21. The SMILES string of the molecule is C[C@@H](C(=O)NCCOCCO)c1ccc(N2CCCCC2)c(Cl)c1. The summed E-state index contributed by atoms with van der Waals surface area (Å²) in [7, 11) is 0. The Morgan fingerprint density at radius 3 is 2.75 bits per heavy atom. The summed E-state index contributed by atoms with van der Waals surface area (Å²) < 4.78 is 5.13. The highest BCUT2D eigenvalue weighted by atomic mass is 35.5. The van der Waals surface area contributed by atoms with Crippen LogP contribution in [0, 0.1) is 0 Å². The summed E-state index contributed by atoms with van der Waals surface area (Å²) >= 11 is 6.46. The van der Waals surface area contributed by atoms with Crippen molar-refractivity contribution in [3.05, 3.63) is 28.8 Å². The van der Waals surface area contributed by atoms with Gasteiger partial charge in [0.15, 0.2) is 0 Å². The van der Waals surface area contributed by atoms with Crippen LogP contribution in [0.25, 0.3) is 0 Å². The van der Waals surface area contributed by atoms with Crippen molar-refractivity contribution in [3.8, 4) is 0 Å². The number of ether oxygens (including phenoxy) is 1. The first-order valence-electron chi connectivity index (χ1n) is 8.64. The van der Waals surface area contributed by atoms with E-state index in [1.807, 2.05) is 25.1 Å². The summed E-state index contributed by atoms with van der Waals surface area (Å²) in [5.41, 5.74) is 1.97. The largest absolute Gasteiger partial charge is 0.394 e. The van der Waals surface area contributed by atoms with E-state index in [1.165, 1.54) is 19.3 Å². The Labute approximate surface area is 148 Å². The molecule has 0 aromatic heterocycles. The van der Waals surface area contributed by atoms with Gasteiger partial charge in [-0.05, 0) is 43.9 Å². The summed E-state index contributed by atoms with van der Waals surface area (Å²) in [6.07, 6.45) is 3.69. The Hall–Kier alpha value is -1.30. The number of rotatable bonds is 8. The molecule has 0 aliphatic carbocycles. The molecule has 0 bridgehead atoms. The van der Waals surface area contributed by atoms with Crippen LogP contribution in [0.5, 0.6) is 0 Å². The third kappa shape index (κ3) is 5.36. The standard InChI is InChI=1S/C18H27ClN2O3/c1-14(18(23)20-7-11-24-12-10-22)15-5-6-17(16(19)13-15)21-8-3-2-4-9-21/h5-6,13-14,22H,2-4,7-12H2,1H3,(H,20,23)/t14-/m1/s1. The molecule has 1 aromatic carbocycles. The minimum absolute atomic E-state index is 0.00772. The third-order valence-electron chi connectivity index (χ3n) is 4.34. The van der Waals surface area contributed by atoms with E-state index < -0.39 is 0 Å². The quantitative estimate of drug-likeness (QED) is 0.704. The highest BCUT2D eigenvalue weighted by molar-refractivity contribution is 6.33. The summed E-state index contributed by atoms with van der Waals surface area (Å²) in [4.78, 5) is 14.5. The third-order valence-corrected chi connectivity index (χ3v) is 4.65. The Kier molecular flexibility index (Phi) is 7.82. The van der Waals surface area contributed by atoms with Crippen LogP contribution in [0.15, 0.2) is 18.2 Å². The number of amides is 1. The van der Waals surface area contributed by atoms with E-state index in [0.717, 1.165) is 24.3 Å². The molecule has 1 heterocycles. The molecule has 5 nitrogen and oxygen atoms in total. The fourth-order valence-electron chi connectivity index (χ4n) is 2.90. The Balaban J connectivity index is 1.90. The van der Waals surface area contributed by atoms with Gasteiger partial charge in [-0.1, -0.05) is 17.7 Å². The molecule has 0 unspecified atom stereocenters. The predicted octanol–water partition coefficient (Wildman–Crippen LogP) is 2.56. The van der Waals surface area contributed by atoms with Crippen molar-refractivity contribution in [1.82, 2.24) is 5.32 Å². The van der Waals surface area contributed by atoms with Gasteiger partial charge in [0.05, 0.1) is 36.4 Å². The zero-order valence-electron chi connectivity index (χ0n) is 14.3. The van der Waals surface area contributed by atoms with Gasteiger partial charge in [-0.2, -0.15) is 0 Å². The van der Waals surface area contributed by atoms with Crippen molar-refractivity contribution >= 4 is 23.2 Å². The first-order chi connectivity index (χ1) is 11.6. The number of piperidine rings is 1. The number of aliphatic hydroxyl groups excluding tert-OH is 1. The maximum atomic E-state index is 12.2. The monoisotopic (exact) mass is 354 g/mol. The van der Waals surface area contributed by atoms with E-state index in [9.17, 15) is 4.79 Å². The lowest BCUT2D eigenvalue weighted by Gasteiger charge is -2.30. The van der Waals surface area contributed by atoms with Gasteiger partial charge in [0, 0.05) is 19.6 Å². The van der Waals surface area contributed by atoms with Gasteiger partial charge in [0.2, 0.25) is 5.91 Å². The van der Waals surface area contributed by atoms with Crippen molar-refractivity contribution in [1.29, 1.82) is 0 Å². The number of halogens is 1. The topological polar surface area (TPSA) is 61.8 Å². The van der Waals surface area contributed by atoms with E-state index in [-0.39, 0.29) is 18.4 Å². The van der Waals surface area contributed by atoms with Gasteiger partial charge in [-0.3, -0.25) is 4.79 Å². The van der Waals surface area contributed by atoms with E-state index >= 15 is 0 Å². The van der Waals surface area contributed by atoms with Crippen LogP contribution in [0.4, 0.5) is 5.69 Å². The molecule has 24 heavy (non-hydrogen) atoms. The van der Waals surface area contributed by atoms with Crippen LogP contribution in [-0.2, 0) is 9.53 Å². The van der Waals surface area contributed by atoms with E-state index in [4.69, 9.17) is 21.4 Å². The smallest absolute Gasteiger partial charge is 0.227 e.